The van der Waals surface area contributed by atoms with Gasteiger partial charge >= 0.3 is 5.97 Å². The summed E-state index contributed by atoms with van der Waals surface area (Å²) in [5.41, 5.74) is -0.411. The van der Waals surface area contributed by atoms with E-state index in [-0.39, 0.29) is 12.8 Å². The van der Waals surface area contributed by atoms with E-state index >= 15 is 0 Å². The molecule has 0 saturated heterocycles. The lowest BCUT2D eigenvalue weighted by atomic mass is 9.63. The second kappa shape index (κ2) is 3.75. The van der Waals surface area contributed by atoms with Crippen LogP contribution >= 0.6 is 0 Å². The summed E-state index contributed by atoms with van der Waals surface area (Å²) in [6, 6.07) is 1.66. The largest absolute Gasteiger partial charge is 0.495 e. The third-order valence-corrected chi connectivity index (χ3v) is 3.08. The van der Waals surface area contributed by atoms with Crippen LogP contribution in [0.4, 0.5) is 0 Å². The minimum absolute atomic E-state index is 0.233. The number of nitrogens with zero attached hydrogens (tertiary/aromatic N) is 1. The number of methoxy groups -OCH3 is 1. The topological polar surface area (TPSA) is 79.7 Å². The number of aromatic nitrogens is 1. The molecule has 0 atom stereocenters. The summed E-state index contributed by atoms with van der Waals surface area (Å²) in [7, 11) is 1.50. The first-order valence-corrected chi connectivity index (χ1v) is 4.99. The van der Waals surface area contributed by atoms with E-state index in [9.17, 15) is 15.0 Å². The maximum Gasteiger partial charge on any atom is 0.314 e. The number of aliphatic carboxylic acids is 1. The first-order valence-electron chi connectivity index (χ1n) is 4.99. The molecule has 2 N–H and O–H groups in total. The van der Waals surface area contributed by atoms with Crippen LogP contribution in [0.2, 0.25) is 0 Å². The fourth-order valence-corrected chi connectivity index (χ4v) is 2.07. The van der Waals surface area contributed by atoms with Crippen LogP contribution in [0, 0.1) is 0 Å². The van der Waals surface area contributed by atoms with Gasteiger partial charge < -0.3 is 14.9 Å². The van der Waals surface area contributed by atoms with Crippen LogP contribution in [0.25, 0.3) is 0 Å². The van der Waals surface area contributed by atoms with Gasteiger partial charge in [-0.25, -0.2) is 0 Å². The predicted molar refractivity (Wildman–Crippen MR) is 55.3 cm³/mol. The Labute approximate surface area is 92.7 Å². The van der Waals surface area contributed by atoms with Gasteiger partial charge in [-0.05, 0) is 24.5 Å². The Balaban J connectivity index is 2.37. The third kappa shape index (κ3) is 1.53. The summed E-state index contributed by atoms with van der Waals surface area (Å²) in [5, 5.41) is 18.5. The maximum absolute atomic E-state index is 11.3. The van der Waals surface area contributed by atoms with E-state index in [1.54, 1.807) is 6.07 Å². The van der Waals surface area contributed by atoms with Crippen LogP contribution in [0.1, 0.15) is 18.4 Å². The molecule has 0 amide bonds. The van der Waals surface area contributed by atoms with Gasteiger partial charge in [0.25, 0.3) is 0 Å². The molecule has 0 bridgehead atoms. The maximum atomic E-state index is 11.3. The first kappa shape index (κ1) is 10.9. The summed E-state index contributed by atoms with van der Waals surface area (Å²) < 4.78 is 5.01. The van der Waals surface area contributed by atoms with Gasteiger partial charge in [-0.2, -0.15) is 0 Å². The average Bonchev–Trinajstić information content (AvgIpc) is 2.24. The molecule has 1 aliphatic carbocycles. The molecule has 0 unspecified atom stereocenters. The van der Waals surface area contributed by atoms with Crippen molar-refractivity contribution < 1.29 is 19.7 Å². The summed E-state index contributed by atoms with van der Waals surface area (Å²) >= 11 is 0. The lowest BCUT2D eigenvalue weighted by Gasteiger charge is -2.41. The molecule has 1 aromatic rings. The normalized spacial score (nSPS) is 28.2. The predicted octanol–water partition coefficient (Wildman–Crippen LogP) is 0.567. The highest BCUT2D eigenvalue weighted by atomic mass is 16.5. The molecule has 0 spiro atoms. The summed E-state index contributed by atoms with van der Waals surface area (Å²) in [4.78, 5) is 15.2. The van der Waals surface area contributed by atoms with Gasteiger partial charge in [0.05, 0.1) is 24.8 Å². The summed E-state index contributed by atoms with van der Waals surface area (Å²) in [5.74, 6) is -0.396. The van der Waals surface area contributed by atoms with E-state index in [4.69, 9.17) is 4.74 Å². The summed E-state index contributed by atoms with van der Waals surface area (Å²) in [6.45, 7) is 0. The lowest BCUT2D eigenvalue weighted by molar-refractivity contribution is -0.152. The molecule has 1 fully saturated rings. The molecule has 2 rings (SSSR count). The number of aliphatic hydroxyl groups excluding tert-OH is 1. The fraction of sp³-hybridized carbons (Fsp3) is 0.455. The molecule has 0 radical (unpaired) electrons. The van der Waals surface area contributed by atoms with Crippen molar-refractivity contribution in [2.24, 2.45) is 0 Å². The number of rotatable bonds is 3. The molecular formula is C11H13NO4. The standard InChI is InChI=1S/C11H13NO4/c1-16-9-2-7(5-12-6-9)11(10(14)15)3-8(13)4-11/h2,5-6,8,13H,3-4H2,1H3,(H,14,15). The second-order valence-electron chi connectivity index (χ2n) is 4.06. The highest BCUT2D eigenvalue weighted by molar-refractivity contribution is 5.83. The Morgan fingerprint density at radius 3 is 2.75 bits per heavy atom. The van der Waals surface area contributed by atoms with E-state index in [2.05, 4.69) is 4.98 Å². The van der Waals surface area contributed by atoms with Crippen molar-refractivity contribution in [3.05, 3.63) is 24.0 Å². The molecule has 5 heteroatoms. The smallest absolute Gasteiger partial charge is 0.314 e. The van der Waals surface area contributed by atoms with Gasteiger partial charge in [-0.3, -0.25) is 9.78 Å². The number of hydrogen-bond acceptors (Lipinski definition) is 4. The molecule has 0 aromatic carbocycles. The van der Waals surface area contributed by atoms with Crippen molar-refractivity contribution >= 4 is 5.97 Å². The van der Waals surface area contributed by atoms with Crippen molar-refractivity contribution in [3.63, 3.8) is 0 Å². The molecule has 5 nitrogen and oxygen atoms in total. The zero-order valence-electron chi connectivity index (χ0n) is 8.88. The quantitative estimate of drug-likeness (QED) is 0.783. The zero-order valence-corrected chi connectivity index (χ0v) is 8.88. The van der Waals surface area contributed by atoms with Gasteiger partial charge in [-0.15, -0.1) is 0 Å². The molecule has 16 heavy (non-hydrogen) atoms. The Morgan fingerprint density at radius 1 is 1.56 bits per heavy atom. The number of ether oxygens (including phenoxy) is 1. The van der Waals surface area contributed by atoms with E-state index in [0.29, 0.717) is 11.3 Å². The number of carbonyl (C=O) groups is 1. The van der Waals surface area contributed by atoms with E-state index in [1.807, 2.05) is 0 Å². The van der Waals surface area contributed by atoms with Gasteiger partial charge in [0, 0.05) is 6.20 Å². The second-order valence-corrected chi connectivity index (χ2v) is 4.06. The minimum Gasteiger partial charge on any atom is -0.495 e. The van der Waals surface area contributed by atoms with Crippen LogP contribution in [0.15, 0.2) is 18.5 Å². The van der Waals surface area contributed by atoms with Crippen molar-refractivity contribution in [2.45, 2.75) is 24.4 Å². The average molecular weight is 223 g/mol. The van der Waals surface area contributed by atoms with Gasteiger partial charge in [0.15, 0.2) is 0 Å². The fourth-order valence-electron chi connectivity index (χ4n) is 2.07. The molecule has 0 aliphatic heterocycles. The molecule has 1 aliphatic rings. The monoisotopic (exact) mass is 223 g/mol. The molecule has 86 valence electrons. The molecule has 1 heterocycles. The van der Waals surface area contributed by atoms with Crippen LogP contribution in [0.3, 0.4) is 0 Å². The molecule has 1 saturated carbocycles. The van der Waals surface area contributed by atoms with Gasteiger partial charge in [0.2, 0.25) is 0 Å². The van der Waals surface area contributed by atoms with Crippen molar-refractivity contribution in [2.75, 3.05) is 7.11 Å². The molecule has 1 aromatic heterocycles. The number of carboxylic acid groups (broad SMARTS) is 1. The van der Waals surface area contributed by atoms with E-state index in [0.717, 1.165) is 0 Å². The van der Waals surface area contributed by atoms with Gasteiger partial charge in [0.1, 0.15) is 5.75 Å². The first-order chi connectivity index (χ1) is 7.58. The number of carboxylic acids is 1. The number of pyridine rings is 1. The number of aliphatic hydroxyl groups is 1. The van der Waals surface area contributed by atoms with E-state index < -0.39 is 17.5 Å². The SMILES string of the molecule is COc1cncc(C2(C(=O)O)CC(O)C2)c1. The van der Waals surface area contributed by atoms with Crippen molar-refractivity contribution in [3.8, 4) is 5.75 Å². The Kier molecular flexibility index (Phi) is 2.55. The lowest BCUT2D eigenvalue weighted by Crippen LogP contribution is -2.50. The molecular weight excluding hydrogens is 210 g/mol. The number of hydrogen-bond donors (Lipinski definition) is 2. The third-order valence-electron chi connectivity index (χ3n) is 3.08. The highest BCUT2D eigenvalue weighted by Gasteiger charge is 2.51. The van der Waals surface area contributed by atoms with Crippen molar-refractivity contribution in [1.29, 1.82) is 0 Å². The highest BCUT2D eigenvalue weighted by Crippen LogP contribution is 2.44. The zero-order chi connectivity index (χ0) is 11.8. The summed E-state index contributed by atoms with van der Waals surface area (Å²) in [6.07, 6.45) is 2.97. The van der Waals surface area contributed by atoms with Gasteiger partial charge in [-0.1, -0.05) is 0 Å². The Bertz CT molecular complexity index is 412. The minimum atomic E-state index is -0.999. The van der Waals surface area contributed by atoms with Crippen molar-refractivity contribution in [1.82, 2.24) is 4.98 Å². The van der Waals surface area contributed by atoms with Crippen LogP contribution in [0.5, 0.6) is 5.75 Å². The van der Waals surface area contributed by atoms with Crippen LogP contribution < -0.4 is 4.74 Å². The Morgan fingerprint density at radius 2 is 2.25 bits per heavy atom. The van der Waals surface area contributed by atoms with E-state index in [1.165, 1.54) is 19.5 Å². The Hall–Kier alpha value is -1.62. The van der Waals surface area contributed by atoms with Crippen LogP contribution in [-0.2, 0) is 10.2 Å². The van der Waals surface area contributed by atoms with Crippen LogP contribution in [-0.4, -0.2) is 34.4 Å².